The number of rotatable bonds is 6. The lowest BCUT2D eigenvalue weighted by molar-refractivity contribution is 0.116. The summed E-state index contributed by atoms with van der Waals surface area (Å²) in [6.07, 6.45) is 6.78. The van der Waals surface area contributed by atoms with Crippen molar-refractivity contribution in [1.82, 2.24) is 15.0 Å². The number of hydrogen-bond donors (Lipinski definition) is 3. The van der Waals surface area contributed by atoms with Crippen molar-refractivity contribution < 1.29 is 9.50 Å². The van der Waals surface area contributed by atoms with Gasteiger partial charge >= 0.3 is 0 Å². The van der Waals surface area contributed by atoms with Crippen LogP contribution in [0.2, 0.25) is 0 Å². The molecular formula is C24H24FN5OS. The zero-order chi connectivity index (χ0) is 21.9. The standard InChI is InChI=1S/C24H24FN5OS/c25-22-16(12-27-21-14-26-13-19(28-21)15-6-2-1-3-7-15)10-11-18-23(22)32-24(30-18)29-17-8-4-5-9-20(17)31/h1-3,6-7,10-11,13-14,17,20,31H,4-5,8-9,12H2,(H,27,28)(H,29,30)/t17?,20-/m1/s1. The van der Waals surface area contributed by atoms with E-state index >= 15 is 4.39 Å². The van der Waals surface area contributed by atoms with Gasteiger partial charge in [-0.05, 0) is 18.9 Å². The molecule has 2 aromatic carbocycles. The highest BCUT2D eigenvalue weighted by Gasteiger charge is 2.24. The quantitative estimate of drug-likeness (QED) is 0.374. The van der Waals surface area contributed by atoms with Crippen LogP contribution in [-0.2, 0) is 6.54 Å². The van der Waals surface area contributed by atoms with E-state index in [1.54, 1.807) is 18.5 Å². The number of anilines is 2. The molecule has 0 radical (unpaired) electrons. The first-order chi connectivity index (χ1) is 15.7. The molecule has 2 heterocycles. The van der Waals surface area contributed by atoms with E-state index in [0.29, 0.717) is 26.7 Å². The molecule has 8 heteroatoms. The summed E-state index contributed by atoms with van der Waals surface area (Å²) in [4.78, 5) is 13.4. The van der Waals surface area contributed by atoms with Crippen LogP contribution >= 0.6 is 11.3 Å². The van der Waals surface area contributed by atoms with Crippen molar-refractivity contribution in [3.8, 4) is 11.3 Å². The highest BCUT2D eigenvalue weighted by molar-refractivity contribution is 7.22. The number of aromatic nitrogens is 3. The molecule has 0 aliphatic heterocycles. The summed E-state index contributed by atoms with van der Waals surface area (Å²) < 4.78 is 15.7. The van der Waals surface area contributed by atoms with Gasteiger partial charge in [0.05, 0.1) is 40.5 Å². The predicted molar refractivity (Wildman–Crippen MR) is 126 cm³/mol. The Hall–Kier alpha value is -3.10. The molecule has 164 valence electrons. The summed E-state index contributed by atoms with van der Waals surface area (Å²) in [5.74, 6) is 0.306. The molecular weight excluding hydrogens is 425 g/mol. The summed E-state index contributed by atoms with van der Waals surface area (Å²) in [5.41, 5.74) is 2.89. The van der Waals surface area contributed by atoms with Crippen LogP contribution in [0.5, 0.6) is 0 Å². The third kappa shape index (κ3) is 4.42. The molecule has 0 bridgehead atoms. The molecule has 1 aliphatic carbocycles. The number of nitrogens with one attached hydrogen (secondary N) is 2. The lowest BCUT2D eigenvalue weighted by Crippen LogP contribution is -2.36. The van der Waals surface area contributed by atoms with Gasteiger partial charge in [-0.25, -0.2) is 14.4 Å². The summed E-state index contributed by atoms with van der Waals surface area (Å²) in [7, 11) is 0. The third-order valence-corrected chi connectivity index (χ3v) is 6.77. The predicted octanol–water partition coefficient (Wildman–Crippen LogP) is 5.22. The molecule has 1 saturated carbocycles. The fourth-order valence-electron chi connectivity index (χ4n) is 4.02. The van der Waals surface area contributed by atoms with E-state index in [1.165, 1.54) is 11.3 Å². The van der Waals surface area contributed by atoms with Crippen LogP contribution in [0, 0.1) is 5.82 Å². The SMILES string of the molecule is O[C@@H]1CCCCC1Nc1nc2ccc(CNc3cncc(-c4ccccc4)n3)c(F)c2s1. The Balaban J connectivity index is 1.31. The molecule has 1 fully saturated rings. The number of aliphatic hydroxyl groups is 1. The lowest BCUT2D eigenvalue weighted by atomic mass is 9.93. The maximum Gasteiger partial charge on any atom is 0.184 e. The Morgan fingerprint density at radius 2 is 1.88 bits per heavy atom. The van der Waals surface area contributed by atoms with Gasteiger partial charge in [0.15, 0.2) is 5.13 Å². The average Bonchev–Trinajstić information content (AvgIpc) is 3.24. The minimum Gasteiger partial charge on any atom is -0.391 e. The lowest BCUT2D eigenvalue weighted by Gasteiger charge is -2.27. The summed E-state index contributed by atoms with van der Waals surface area (Å²) >= 11 is 1.29. The van der Waals surface area contributed by atoms with Crippen molar-refractivity contribution in [3.63, 3.8) is 0 Å². The second-order valence-corrected chi connectivity index (χ2v) is 9.02. The van der Waals surface area contributed by atoms with E-state index in [0.717, 1.165) is 36.9 Å². The van der Waals surface area contributed by atoms with Gasteiger partial charge in [0, 0.05) is 17.7 Å². The molecule has 4 aromatic rings. The fourth-order valence-corrected chi connectivity index (χ4v) is 5.01. The van der Waals surface area contributed by atoms with Gasteiger partial charge in [-0.3, -0.25) is 4.98 Å². The van der Waals surface area contributed by atoms with Crippen molar-refractivity contribution in [3.05, 3.63) is 66.2 Å². The van der Waals surface area contributed by atoms with E-state index in [1.807, 2.05) is 36.4 Å². The molecule has 5 rings (SSSR count). The van der Waals surface area contributed by atoms with E-state index in [9.17, 15) is 5.11 Å². The van der Waals surface area contributed by atoms with E-state index in [4.69, 9.17) is 0 Å². The third-order valence-electron chi connectivity index (χ3n) is 5.78. The van der Waals surface area contributed by atoms with Gasteiger partial charge < -0.3 is 15.7 Å². The summed E-state index contributed by atoms with van der Waals surface area (Å²) in [6.45, 7) is 0.288. The number of hydrogen-bond acceptors (Lipinski definition) is 7. The van der Waals surface area contributed by atoms with Gasteiger partial charge in [-0.1, -0.05) is 60.6 Å². The first-order valence-electron chi connectivity index (χ1n) is 10.8. The van der Waals surface area contributed by atoms with Crippen molar-refractivity contribution in [1.29, 1.82) is 0 Å². The summed E-state index contributed by atoms with van der Waals surface area (Å²) in [6, 6.07) is 13.4. The second kappa shape index (κ2) is 9.18. The van der Waals surface area contributed by atoms with Gasteiger partial charge in [0.1, 0.15) is 11.6 Å². The smallest absolute Gasteiger partial charge is 0.184 e. The molecule has 6 nitrogen and oxygen atoms in total. The van der Waals surface area contributed by atoms with Gasteiger partial charge in [-0.2, -0.15) is 0 Å². The molecule has 1 aliphatic rings. The fraction of sp³-hybridized carbons (Fsp3) is 0.292. The molecule has 32 heavy (non-hydrogen) atoms. The second-order valence-electron chi connectivity index (χ2n) is 8.02. The Bertz CT molecular complexity index is 1220. The molecule has 2 atom stereocenters. The molecule has 0 saturated heterocycles. The number of fused-ring (bicyclic) bond motifs is 1. The topological polar surface area (TPSA) is 83.0 Å². The van der Waals surface area contributed by atoms with Crippen molar-refractivity contribution >= 4 is 32.5 Å². The average molecular weight is 450 g/mol. The van der Waals surface area contributed by atoms with E-state index in [-0.39, 0.29) is 24.5 Å². The van der Waals surface area contributed by atoms with Gasteiger partial charge in [-0.15, -0.1) is 0 Å². The number of benzene rings is 2. The van der Waals surface area contributed by atoms with Crippen molar-refractivity contribution in [2.24, 2.45) is 0 Å². The first kappa shape index (κ1) is 20.8. The highest BCUT2D eigenvalue weighted by atomic mass is 32.1. The van der Waals surface area contributed by atoms with E-state index in [2.05, 4.69) is 25.6 Å². The Morgan fingerprint density at radius 3 is 2.72 bits per heavy atom. The van der Waals surface area contributed by atoms with Gasteiger partial charge in [0.25, 0.3) is 0 Å². The summed E-state index contributed by atoms with van der Waals surface area (Å²) in [5, 5.41) is 17.3. The van der Waals surface area contributed by atoms with Crippen LogP contribution in [0.25, 0.3) is 21.5 Å². The minimum absolute atomic E-state index is 0.0241. The Morgan fingerprint density at radius 1 is 1.03 bits per heavy atom. The van der Waals surface area contributed by atoms with Gasteiger partial charge in [0.2, 0.25) is 0 Å². The Kier molecular flexibility index (Phi) is 5.96. The largest absolute Gasteiger partial charge is 0.391 e. The maximum absolute atomic E-state index is 15.2. The molecule has 2 aromatic heterocycles. The highest BCUT2D eigenvalue weighted by Crippen LogP contribution is 2.32. The molecule has 0 amide bonds. The maximum atomic E-state index is 15.2. The zero-order valence-corrected chi connectivity index (χ0v) is 18.3. The normalized spacial score (nSPS) is 18.6. The van der Waals surface area contributed by atoms with Crippen LogP contribution in [0.3, 0.4) is 0 Å². The number of halogens is 1. The van der Waals surface area contributed by atoms with Crippen molar-refractivity contribution in [2.45, 2.75) is 44.4 Å². The minimum atomic E-state index is -0.381. The van der Waals surface area contributed by atoms with Crippen molar-refractivity contribution in [2.75, 3.05) is 10.6 Å². The van der Waals surface area contributed by atoms with Crippen LogP contribution < -0.4 is 10.6 Å². The molecule has 3 N–H and O–H groups in total. The number of thiazole rings is 1. The molecule has 1 unspecified atom stereocenters. The van der Waals surface area contributed by atoms with Crippen LogP contribution in [0.15, 0.2) is 54.9 Å². The number of aliphatic hydroxyl groups excluding tert-OH is 1. The van der Waals surface area contributed by atoms with E-state index < -0.39 is 0 Å². The Labute approximate surface area is 189 Å². The monoisotopic (exact) mass is 449 g/mol. The zero-order valence-electron chi connectivity index (χ0n) is 17.5. The molecule has 0 spiro atoms. The van der Waals surface area contributed by atoms with Crippen LogP contribution in [-0.4, -0.2) is 32.2 Å². The number of nitrogens with zero attached hydrogens (tertiary/aromatic N) is 3. The van der Waals surface area contributed by atoms with Crippen LogP contribution in [0.1, 0.15) is 31.2 Å². The van der Waals surface area contributed by atoms with Crippen LogP contribution in [0.4, 0.5) is 15.3 Å². The first-order valence-corrected chi connectivity index (χ1v) is 11.6.